The molecule has 6 nitrogen and oxygen atoms in total. The second kappa shape index (κ2) is 4.83. The zero-order valence-corrected chi connectivity index (χ0v) is 13.5. The Bertz CT molecular complexity index is 637. The van der Waals surface area contributed by atoms with E-state index in [1.165, 1.54) is 19.3 Å². The van der Waals surface area contributed by atoms with Crippen LogP contribution in [0.15, 0.2) is 17.6 Å². The van der Waals surface area contributed by atoms with Crippen LogP contribution in [-0.4, -0.2) is 45.7 Å². The molecule has 1 saturated heterocycles. The molecule has 4 rings (SSSR count). The summed E-state index contributed by atoms with van der Waals surface area (Å²) >= 11 is 0. The van der Waals surface area contributed by atoms with Gasteiger partial charge in [-0.3, -0.25) is 4.79 Å². The van der Waals surface area contributed by atoms with E-state index in [1.54, 1.807) is 6.33 Å². The van der Waals surface area contributed by atoms with Gasteiger partial charge in [0.25, 0.3) is 5.91 Å². The Morgan fingerprint density at radius 2 is 1.95 bits per heavy atom. The number of nitrogens with zero attached hydrogens (tertiary/aromatic N) is 5. The normalized spacial score (nSPS) is 30.8. The van der Waals surface area contributed by atoms with Crippen LogP contribution in [0.3, 0.4) is 0 Å². The van der Waals surface area contributed by atoms with Crippen molar-refractivity contribution in [1.29, 1.82) is 0 Å². The van der Waals surface area contributed by atoms with Gasteiger partial charge in [0.2, 0.25) is 5.95 Å². The highest BCUT2D eigenvalue weighted by Crippen LogP contribution is 2.40. The van der Waals surface area contributed by atoms with Gasteiger partial charge in [-0.2, -0.15) is 10.1 Å². The lowest BCUT2D eigenvalue weighted by Gasteiger charge is -2.33. The molecule has 2 aliphatic heterocycles. The van der Waals surface area contributed by atoms with Crippen molar-refractivity contribution in [2.45, 2.75) is 39.2 Å². The molecule has 1 aliphatic carbocycles. The summed E-state index contributed by atoms with van der Waals surface area (Å²) < 4.78 is 1.84. The molecular formula is C16H23N5O. The Balaban J connectivity index is 1.64. The molecule has 1 aromatic heterocycles. The van der Waals surface area contributed by atoms with Crippen molar-refractivity contribution in [2.24, 2.45) is 11.8 Å². The first-order valence-corrected chi connectivity index (χ1v) is 8.21. The van der Waals surface area contributed by atoms with Crippen molar-refractivity contribution in [3.8, 4) is 0 Å². The highest BCUT2D eigenvalue weighted by atomic mass is 16.2. The number of anilines is 1. The van der Waals surface area contributed by atoms with Crippen molar-refractivity contribution in [3.63, 3.8) is 0 Å². The topological polar surface area (TPSA) is 54.3 Å². The van der Waals surface area contributed by atoms with Gasteiger partial charge in [-0.05, 0) is 38.5 Å². The van der Waals surface area contributed by atoms with Crippen LogP contribution in [0.1, 0.15) is 39.2 Å². The molecule has 0 N–H and O–H groups in total. The minimum absolute atomic E-state index is 0.0540. The van der Waals surface area contributed by atoms with Crippen LogP contribution in [0, 0.1) is 11.8 Å². The van der Waals surface area contributed by atoms with Crippen LogP contribution in [0.5, 0.6) is 0 Å². The number of hydrogen-bond acceptors (Lipinski definition) is 4. The van der Waals surface area contributed by atoms with E-state index in [2.05, 4.69) is 15.0 Å². The number of rotatable bonds is 1. The minimum Gasteiger partial charge on any atom is -0.338 e. The monoisotopic (exact) mass is 301 g/mol. The van der Waals surface area contributed by atoms with Gasteiger partial charge in [-0.15, -0.1) is 0 Å². The molecule has 3 aliphatic rings. The van der Waals surface area contributed by atoms with Crippen LogP contribution in [0.2, 0.25) is 0 Å². The molecule has 0 spiro atoms. The fraction of sp³-hybridized carbons (Fsp3) is 0.688. The Labute approximate surface area is 130 Å². The molecule has 118 valence electrons. The van der Waals surface area contributed by atoms with Crippen molar-refractivity contribution < 1.29 is 4.79 Å². The molecule has 1 aromatic rings. The third kappa shape index (κ3) is 1.82. The lowest BCUT2D eigenvalue weighted by Crippen LogP contribution is -2.39. The summed E-state index contributed by atoms with van der Waals surface area (Å²) in [6.45, 7) is 5.92. The molecule has 22 heavy (non-hydrogen) atoms. The maximum absolute atomic E-state index is 13.1. The van der Waals surface area contributed by atoms with Gasteiger partial charge >= 0.3 is 0 Å². The largest absolute Gasteiger partial charge is 0.338 e. The second-order valence-electron chi connectivity index (χ2n) is 6.90. The van der Waals surface area contributed by atoms with Gasteiger partial charge in [-0.25, -0.2) is 4.68 Å². The molecule has 6 heteroatoms. The van der Waals surface area contributed by atoms with Crippen LogP contribution in [0.25, 0.3) is 0 Å². The molecular weight excluding hydrogens is 278 g/mol. The van der Waals surface area contributed by atoms with Crippen molar-refractivity contribution in [2.75, 3.05) is 25.0 Å². The van der Waals surface area contributed by atoms with Crippen LogP contribution < -0.4 is 4.90 Å². The lowest BCUT2D eigenvalue weighted by atomic mass is 10.0. The Kier molecular flexibility index (Phi) is 3.03. The third-order valence-corrected chi connectivity index (χ3v) is 5.78. The minimum atomic E-state index is -0.0540. The highest BCUT2D eigenvalue weighted by Gasteiger charge is 2.41. The number of amides is 1. The zero-order chi connectivity index (χ0) is 15.4. The summed E-state index contributed by atoms with van der Waals surface area (Å²) in [5.74, 6) is 2.44. The number of allylic oxidation sites excluding steroid dienone is 1. The van der Waals surface area contributed by atoms with E-state index in [4.69, 9.17) is 0 Å². The number of fused-ring (bicyclic) bond motifs is 2. The zero-order valence-electron chi connectivity index (χ0n) is 13.5. The Morgan fingerprint density at radius 1 is 1.27 bits per heavy atom. The predicted molar refractivity (Wildman–Crippen MR) is 83.2 cm³/mol. The van der Waals surface area contributed by atoms with E-state index in [0.717, 1.165) is 42.1 Å². The van der Waals surface area contributed by atoms with Crippen LogP contribution in [-0.2, 0) is 4.79 Å². The van der Waals surface area contributed by atoms with Gasteiger partial charge in [0.1, 0.15) is 6.33 Å². The average molecular weight is 301 g/mol. The van der Waals surface area contributed by atoms with Gasteiger partial charge in [-0.1, -0.05) is 6.42 Å². The highest BCUT2D eigenvalue weighted by molar-refractivity contribution is 5.96. The van der Waals surface area contributed by atoms with E-state index in [1.807, 2.05) is 30.5 Å². The van der Waals surface area contributed by atoms with Crippen LogP contribution in [0.4, 0.5) is 5.95 Å². The molecule has 0 radical (unpaired) electrons. The van der Waals surface area contributed by atoms with Crippen LogP contribution >= 0.6 is 0 Å². The third-order valence-electron chi connectivity index (χ3n) is 5.78. The molecule has 0 unspecified atom stereocenters. The first-order chi connectivity index (χ1) is 10.6. The predicted octanol–water partition coefficient (Wildman–Crippen LogP) is 1.82. The van der Waals surface area contributed by atoms with E-state index < -0.39 is 0 Å². The summed E-state index contributed by atoms with van der Waals surface area (Å²) in [5.41, 5.74) is 1.86. The van der Waals surface area contributed by atoms with E-state index in [0.29, 0.717) is 0 Å². The number of hydrogen-bond donors (Lipinski definition) is 0. The summed E-state index contributed by atoms with van der Waals surface area (Å²) in [5, 5.41) is 4.30. The molecule has 2 fully saturated rings. The number of aromatic nitrogens is 3. The fourth-order valence-electron chi connectivity index (χ4n) is 4.42. The van der Waals surface area contributed by atoms with Gasteiger partial charge in [0.05, 0.1) is 11.6 Å². The molecule has 1 amide bonds. The molecule has 3 atom stereocenters. The average Bonchev–Trinajstić information content (AvgIpc) is 3.19. The van der Waals surface area contributed by atoms with Gasteiger partial charge < -0.3 is 9.80 Å². The van der Waals surface area contributed by atoms with Gasteiger partial charge in [0.15, 0.2) is 0 Å². The Morgan fingerprint density at radius 3 is 2.64 bits per heavy atom. The number of carbonyl (C=O) groups is 1. The van der Waals surface area contributed by atoms with E-state index in [9.17, 15) is 4.79 Å². The van der Waals surface area contributed by atoms with Crippen molar-refractivity contribution in [1.82, 2.24) is 19.7 Å². The summed E-state index contributed by atoms with van der Waals surface area (Å²) in [6, 6.07) is -0.0540. The molecule has 0 bridgehead atoms. The molecule has 3 heterocycles. The maximum atomic E-state index is 13.1. The summed E-state index contributed by atoms with van der Waals surface area (Å²) in [4.78, 5) is 21.4. The standard InChI is InChI=1S/C16H23N5O/c1-10-14(11(2)21-16(19(10)3)17-9-18-21)15(22)20-7-12-5-4-6-13(12)8-20/h9,11-13H,4-8H2,1-3H3/t11-,12-,13+/m1/s1. The smallest absolute Gasteiger partial charge is 0.253 e. The van der Waals surface area contributed by atoms with Gasteiger partial charge in [0, 0.05) is 25.8 Å². The SMILES string of the molecule is CC1=C(C(=O)N2C[C@H]3CCC[C@H]3C2)[C@@H](C)n2ncnc2N1C. The Hall–Kier alpha value is -1.85. The maximum Gasteiger partial charge on any atom is 0.253 e. The fourth-order valence-corrected chi connectivity index (χ4v) is 4.42. The lowest BCUT2D eigenvalue weighted by molar-refractivity contribution is -0.127. The molecule has 0 aromatic carbocycles. The summed E-state index contributed by atoms with van der Waals surface area (Å²) in [7, 11) is 1.95. The first-order valence-electron chi connectivity index (χ1n) is 8.21. The van der Waals surface area contributed by atoms with E-state index >= 15 is 0 Å². The summed E-state index contributed by atoms with van der Waals surface area (Å²) in [6.07, 6.45) is 5.47. The van der Waals surface area contributed by atoms with Crippen molar-refractivity contribution >= 4 is 11.9 Å². The first kappa shape index (κ1) is 13.8. The second-order valence-corrected chi connectivity index (χ2v) is 6.90. The van der Waals surface area contributed by atoms with Crippen molar-refractivity contribution in [3.05, 3.63) is 17.6 Å². The molecule has 1 saturated carbocycles. The number of carbonyl (C=O) groups excluding carboxylic acids is 1. The quantitative estimate of drug-likeness (QED) is 0.794. The number of likely N-dealkylation sites (tertiary alicyclic amines) is 1. The van der Waals surface area contributed by atoms with E-state index in [-0.39, 0.29) is 11.9 Å².